The summed E-state index contributed by atoms with van der Waals surface area (Å²) in [5.41, 5.74) is 3.40. The van der Waals surface area contributed by atoms with Crippen LogP contribution in [0.5, 0.6) is 0 Å². The highest BCUT2D eigenvalue weighted by molar-refractivity contribution is 9.12. The third kappa shape index (κ3) is 4.05. The molecular formula is C26H22Br2N2O2. The Morgan fingerprint density at radius 3 is 1.69 bits per heavy atom. The molecular weight excluding hydrogens is 532 g/mol. The number of hydrogen-bond acceptors (Lipinski definition) is 3. The van der Waals surface area contributed by atoms with Crippen LogP contribution in [0.15, 0.2) is 104 Å². The van der Waals surface area contributed by atoms with Crippen molar-refractivity contribution in [2.24, 2.45) is 0 Å². The summed E-state index contributed by atoms with van der Waals surface area (Å²) in [6.45, 7) is 0. The van der Waals surface area contributed by atoms with Gasteiger partial charge in [0, 0.05) is 6.20 Å². The summed E-state index contributed by atoms with van der Waals surface area (Å²) >= 11 is 7.05. The smallest absolute Gasteiger partial charge is 0.321 e. The molecule has 1 aromatic heterocycles. The van der Waals surface area contributed by atoms with Gasteiger partial charge in [0.05, 0.1) is 24.0 Å². The first kappa shape index (κ1) is 22.5. The molecule has 0 fully saturated rings. The van der Waals surface area contributed by atoms with Gasteiger partial charge in [0.2, 0.25) is 0 Å². The molecule has 4 nitrogen and oxygen atoms in total. The summed E-state index contributed by atoms with van der Waals surface area (Å²) < 4.78 is 7.00. The summed E-state index contributed by atoms with van der Waals surface area (Å²) in [6, 6.07) is 31.1. The number of carbonyl (C=O) groups excluding carboxylic acids is 1. The number of halogens is 2. The van der Waals surface area contributed by atoms with E-state index in [1.165, 1.54) is 7.11 Å². The molecule has 1 heterocycles. The lowest BCUT2D eigenvalue weighted by Crippen LogP contribution is -2.37. The van der Waals surface area contributed by atoms with Gasteiger partial charge in [0.1, 0.15) is 10.4 Å². The lowest BCUT2D eigenvalue weighted by molar-refractivity contribution is -0.139. The van der Waals surface area contributed by atoms with Gasteiger partial charge in [-0.05, 0) is 16.7 Å². The molecule has 6 heteroatoms. The van der Waals surface area contributed by atoms with E-state index in [4.69, 9.17) is 4.74 Å². The van der Waals surface area contributed by atoms with Crippen LogP contribution >= 0.6 is 31.9 Å². The lowest BCUT2D eigenvalue weighted by atomic mass is 9.77. The largest absolute Gasteiger partial charge is 0.468 e. The third-order valence-corrected chi connectivity index (χ3v) is 8.14. The van der Waals surface area contributed by atoms with Crippen LogP contribution in [-0.2, 0) is 15.1 Å². The molecule has 0 bridgehead atoms. The number of alkyl halides is 2. The molecule has 4 aromatic rings. The number of nitrogens with zero attached hydrogens (tertiary/aromatic N) is 2. The topological polar surface area (TPSA) is 44.1 Å². The summed E-state index contributed by atoms with van der Waals surface area (Å²) in [7, 11) is 1.38. The van der Waals surface area contributed by atoms with Gasteiger partial charge in [-0.25, -0.2) is 4.98 Å². The van der Waals surface area contributed by atoms with E-state index in [2.05, 4.69) is 77.8 Å². The number of esters is 1. The summed E-state index contributed by atoms with van der Waals surface area (Å²) in [4.78, 5) is 15.8. The maximum absolute atomic E-state index is 12.1. The molecule has 3 aromatic carbocycles. The van der Waals surface area contributed by atoms with Crippen LogP contribution in [0.25, 0.3) is 0 Å². The van der Waals surface area contributed by atoms with Crippen LogP contribution in [0.2, 0.25) is 0 Å². The standard InChI is InChI=1S/C26H22Br2N2O2/c1-32-25(31)24(28)23(27)22-17-30(18-29-22)26(19-11-5-2-6-12-19,20-13-7-3-8-14-20)21-15-9-4-10-16-21/h2-18,23-24H,1H3. The van der Waals surface area contributed by atoms with Crippen LogP contribution in [0, 0.1) is 0 Å². The number of hydrogen-bond donors (Lipinski definition) is 0. The van der Waals surface area contributed by atoms with Crippen molar-refractivity contribution in [2.75, 3.05) is 7.11 Å². The Morgan fingerprint density at radius 2 is 1.28 bits per heavy atom. The van der Waals surface area contributed by atoms with Gasteiger partial charge in [-0.1, -0.05) is 123 Å². The fourth-order valence-corrected chi connectivity index (χ4v) is 4.94. The molecule has 162 valence electrons. The van der Waals surface area contributed by atoms with E-state index >= 15 is 0 Å². The molecule has 2 unspecified atom stereocenters. The SMILES string of the molecule is COC(=O)C(Br)C(Br)c1cn(C(c2ccccc2)(c2ccccc2)c2ccccc2)cn1. The second-order valence-electron chi connectivity index (χ2n) is 7.34. The number of benzene rings is 3. The average Bonchev–Trinajstić information content (AvgIpc) is 3.35. The first-order valence-electron chi connectivity index (χ1n) is 10.2. The molecule has 0 aliphatic rings. The van der Waals surface area contributed by atoms with Crippen LogP contribution in [-0.4, -0.2) is 27.5 Å². The molecule has 0 aliphatic heterocycles. The predicted molar refractivity (Wildman–Crippen MR) is 133 cm³/mol. The Bertz CT molecular complexity index is 1070. The van der Waals surface area contributed by atoms with E-state index < -0.39 is 10.4 Å². The van der Waals surface area contributed by atoms with Crippen molar-refractivity contribution in [3.63, 3.8) is 0 Å². The molecule has 0 saturated heterocycles. The van der Waals surface area contributed by atoms with Crippen LogP contribution in [0.4, 0.5) is 0 Å². The third-order valence-electron chi connectivity index (χ3n) is 5.53. The van der Waals surface area contributed by atoms with E-state index in [0.717, 1.165) is 22.4 Å². The molecule has 0 radical (unpaired) electrons. The van der Waals surface area contributed by atoms with Gasteiger partial charge in [0.25, 0.3) is 0 Å². The molecule has 4 rings (SSSR count). The second-order valence-corrected chi connectivity index (χ2v) is 9.31. The lowest BCUT2D eigenvalue weighted by Gasteiger charge is -2.37. The van der Waals surface area contributed by atoms with Crippen molar-refractivity contribution in [1.29, 1.82) is 0 Å². The summed E-state index contributed by atoms with van der Waals surface area (Å²) in [5.74, 6) is -0.359. The molecule has 0 spiro atoms. The van der Waals surface area contributed by atoms with E-state index in [0.29, 0.717) is 0 Å². The van der Waals surface area contributed by atoms with Crippen molar-refractivity contribution in [2.45, 2.75) is 15.2 Å². The Balaban J connectivity index is 1.96. The number of ether oxygens (including phenoxy) is 1. The van der Waals surface area contributed by atoms with Crippen LogP contribution in [0.1, 0.15) is 27.2 Å². The van der Waals surface area contributed by atoms with Crippen LogP contribution < -0.4 is 0 Å². The summed E-state index contributed by atoms with van der Waals surface area (Å²) in [6.07, 6.45) is 3.82. The van der Waals surface area contributed by atoms with Crippen molar-refractivity contribution < 1.29 is 9.53 Å². The first-order chi connectivity index (χ1) is 15.6. The molecule has 0 amide bonds. The highest BCUT2D eigenvalue weighted by Crippen LogP contribution is 2.42. The van der Waals surface area contributed by atoms with E-state index in [1.807, 2.05) is 67.1 Å². The maximum Gasteiger partial charge on any atom is 0.321 e. The molecule has 2 atom stereocenters. The van der Waals surface area contributed by atoms with Gasteiger partial charge in [0.15, 0.2) is 0 Å². The summed E-state index contributed by atoms with van der Waals surface area (Å²) in [5, 5.41) is 0. The molecule has 0 N–H and O–H groups in total. The molecule has 32 heavy (non-hydrogen) atoms. The van der Waals surface area contributed by atoms with Gasteiger partial charge in [-0.2, -0.15) is 0 Å². The maximum atomic E-state index is 12.1. The monoisotopic (exact) mass is 552 g/mol. The zero-order chi connectivity index (χ0) is 22.6. The van der Waals surface area contributed by atoms with Crippen molar-refractivity contribution in [3.05, 3.63) is 126 Å². The Morgan fingerprint density at radius 1 is 0.844 bits per heavy atom. The number of aromatic nitrogens is 2. The first-order valence-corrected chi connectivity index (χ1v) is 12.0. The van der Waals surface area contributed by atoms with Crippen LogP contribution in [0.3, 0.4) is 0 Å². The Hall–Kier alpha value is -2.70. The number of carbonyl (C=O) groups is 1. The minimum atomic E-state index is -0.644. The number of imidazole rings is 1. The average molecular weight is 554 g/mol. The van der Waals surface area contributed by atoms with Gasteiger partial charge in [-0.15, -0.1) is 0 Å². The number of methoxy groups -OCH3 is 1. The predicted octanol–water partition coefficient (Wildman–Crippen LogP) is 6.10. The minimum Gasteiger partial charge on any atom is -0.468 e. The van der Waals surface area contributed by atoms with Crippen molar-refractivity contribution in [1.82, 2.24) is 9.55 Å². The van der Waals surface area contributed by atoms with E-state index in [9.17, 15) is 4.79 Å². The highest BCUT2D eigenvalue weighted by Gasteiger charge is 2.39. The molecule has 0 saturated carbocycles. The zero-order valence-corrected chi connectivity index (χ0v) is 20.6. The minimum absolute atomic E-state index is 0.351. The fraction of sp³-hybridized carbons (Fsp3) is 0.154. The quantitative estimate of drug-likeness (QED) is 0.158. The molecule has 0 aliphatic carbocycles. The number of rotatable bonds is 7. The van der Waals surface area contributed by atoms with E-state index in [-0.39, 0.29) is 10.8 Å². The van der Waals surface area contributed by atoms with Gasteiger partial charge >= 0.3 is 5.97 Å². The van der Waals surface area contributed by atoms with Gasteiger partial charge < -0.3 is 9.30 Å². The van der Waals surface area contributed by atoms with Crippen molar-refractivity contribution in [3.8, 4) is 0 Å². The highest BCUT2D eigenvalue weighted by atomic mass is 79.9. The van der Waals surface area contributed by atoms with Crippen molar-refractivity contribution >= 4 is 37.8 Å². The second kappa shape index (κ2) is 9.84. The fourth-order valence-electron chi connectivity index (χ4n) is 4.03. The Kier molecular flexibility index (Phi) is 6.92. The van der Waals surface area contributed by atoms with E-state index in [1.54, 1.807) is 0 Å². The normalized spacial score (nSPS) is 13.3. The Labute approximate surface area is 204 Å². The van der Waals surface area contributed by atoms with Gasteiger partial charge in [-0.3, -0.25) is 4.79 Å². The zero-order valence-electron chi connectivity index (χ0n) is 17.4.